The van der Waals surface area contributed by atoms with Crippen molar-refractivity contribution in [3.05, 3.63) is 30.1 Å². The van der Waals surface area contributed by atoms with Gasteiger partial charge in [-0.25, -0.2) is 0 Å². The Hall–Kier alpha value is -1.42. The summed E-state index contributed by atoms with van der Waals surface area (Å²) in [4.78, 5) is 18.4. The maximum atomic E-state index is 12.4. The van der Waals surface area contributed by atoms with E-state index in [9.17, 15) is 4.79 Å². The summed E-state index contributed by atoms with van der Waals surface area (Å²) in [5.41, 5.74) is 1.29. The smallest absolute Gasteiger partial charge is 0.227 e. The Bertz CT molecular complexity index is 441. The Morgan fingerprint density at radius 1 is 1.37 bits per heavy atom. The molecule has 1 atom stereocenters. The number of pyridine rings is 1. The van der Waals surface area contributed by atoms with E-state index >= 15 is 0 Å². The predicted octanol–water partition coefficient (Wildman–Crippen LogP) is 1.65. The normalized spacial score (nSPS) is 26.8. The van der Waals surface area contributed by atoms with Crippen molar-refractivity contribution in [3.63, 3.8) is 0 Å². The van der Waals surface area contributed by atoms with Gasteiger partial charge in [0.2, 0.25) is 5.91 Å². The molecule has 0 bridgehead atoms. The van der Waals surface area contributed by atoms with Crippen LogP contribution in [-0.4, -0.2) is 42.1 Å². The number of hydrogen-bond acceptors (Lipinski definition) is 3. The van der Waals surface area contributed by atoms with E-state index in [1.807, 2.05) is 17.0 Å². The molecular formula is C15H20N2O2. The lowest BCUT2D eigenvalue weighted by Crippen LogP contribution is -2.47. The Morgan fingerprint density at radius 3 is 2.95 bits per heavy atom. The Morgan fingerprint density at radius 2 is 2.21 bits per heavy atom. The fourth-order valence-corrected chi connectivity index (χ4v) is 3.18. The van der Waals surface area contributed by atoms with E-state index in [0.29, 0.717) is 6.42 Å². The largest absolute Gasteiger partial charge is 0.381 e. The maximum absolute atomic E-state index is 12.4. The van der Waals surface area contributed by atoms with E-state index in [1.165, 1.54) is 6.42 Å². The van der Waals surface area contributed by atoms with Crippen LogP contribution < -0.4 is 0 Å². The van der Waals surface area contributed by atoms with Crippen LogP contribution >= 0.6 is 0 Å². The average molecular weight is 260 g/mol. The van der Waals surface area contributed by atoms with Crippen LogP contribution in [0.3, 0.4) is 0 Å². The van der Waals surface area contributed by atoms with Crippen molar-refractivity contribution in [1.29, 1.82) is 0 Å². The molecule has 2 aliphatic heterocycles. The van der Waals surface area contributed by atoms with Gasteiger partial charge in [0.1, 0.15) is 0 Å². The number of hydrogen-bond donors (Lipinski definition) is 0. The van der Waals surface area contributed by atoms with Crippen LogP contribution in [0.15, 0.2) is 24.5 Å². The molecule has 1 aromatic rings. The number of ether oxygens (including phenoxy) is 1. The zero-order valence-corrected chi connectivity index (χ0v) is 11.2. The van der Waals surface area contributed by atoms with Crippen LogP contribution in [0.25, 0.3) is 0 Å². The summed E-state index contributed by atoms with van der Waals surface area (Å²) in [7, 11) is 0. The fourth-order valence-electron chi connectivity index (χ4n) is 3.18. The highest BCUT2D eigenvalue weighted by atomic mass is 16.5. The van der Waals surface area contributed by atoms with Crippen LogP contribution in [0.4, 0.5) is 0 Å². The number of aromatic nitrogens is 1. The lowest BCUT2D eigenvalue weighted by Gasteiger charge is -2.39. The summed E-state index contributed by atoms with van der Waals surface area (Å²) in [6.45, 7) is 3.45. The van der Waals surface area contributed by atoms with Crippen LogP contribution in [0.2, 0.25) is 0 Å². The van der Waals surface area contributed by atoms with Crippen molar-refractivity contribution >= 4 is 5.91 Å². The van der Waals surface area contributed by atoms with E-state index in [4.69, 9.17) is 4.74 Å². The monoisotopic (exact) mass is 260 g/mol. The van der Waals surface area contributed by atoms with Gasteiger partial charge in [0.25, 0.3) is 0 Å². The molecule has 3 rings (SSSR count). The average Bonchev–Trinajstić information content (AvgIpc) is 2.88. The minimum Gasteiger partial charge on any atom is -0.381 e. The molecule has 0 saturated carbocycles. The van der Waals surface area contributed by atoms with Gasteiger partial charge in [0.15, 0.2) is 0 Å². The summed E-state index contributed by atoms with van der Waals surface area (Å²) in [5, 5.41) is 0. The molecule has 1 aromatic heterocycles. The number of piperidine rings is 1. The van der Waals surface area contributed by atoms with Crippen molar-refractivity contribution in [1.82, 2.24) is 9.88 Å². The van der Waals surface area contributed by atoms with Gasteiger partial charge < -0.3 is 9.64 Å². The molecule has 19 heavy (non-hydrogen) atoms. The van der Waals surface area contributed by atoms with E-state index in [1.54, 1.807) is 12.4 Å². The Labute approximate surface area is 113 Å². The second-order valence-corrected chi connectivity index (χ2v) is 5.75. The molecule has 0 aromatic carbocycles. The standard InChI is InChI=1S/C15H20N2O2/c18-14(10-13-2-6-16-7-3-13)17-8-1-4-15(11-17)5-9-19-12-15/h2-3,6-7H,1,4-5,8-12H2. The number of nitrogens with zero attached hydrogens (tertiary/aromatic N) is 2. The molecular weight excluding hydrogens is 240 g/mol. The van der Waals surface area contributed by atoms with Crippen LogP contribution in [0.1, 0.15) is 24.8 Å². The number of amides is 1. The van der Waals surface area contributed by atoms with Gasteiger partial charge in [0.05, 0.1) is 13.0 Å². The Kier molecular flexibility index (Phi) is 3.51. The lowest BCUT2D eigenvalue weighted by molar-refractivity contribution is -0.134. The minimum absolute atomic E-state index is 0.233. The molecule has 2 saturated heterocycles. The van der Waals surface area contributed by atoms with Crippen molar-refractivity contribution < 1.29 is 9.53 Å². The zero-order chi connectivity index (χ0) is 13.1. The number of carbonyl (C=O) groups excluding carboxylic acids is 1. The second-order valence-electron chi connectivity index (χ2n) is 5.75. The summed E-state index contributed by atoms with van der Waals surface area (Å²) in [6, 6.07) is 3.83. The zero-order valence-electron chi connectivity index (χ0n) is 11.2. The number of rotatable bonds is 2. The van der Waals surface area contributed by atoms with Crippen LogP contribution in [-0.2, 0) is 16.0 Å². The highest BCUT2D eigenvalue weighted by Gasteiger charge is 2.40. The van der Waals surface area contributed by atoms with Gasteiger partial charge in [-0.2, -0.15) is 0 Å². The molecule has 4 heteroatoms. The summed E-state index contributed by atoms with van der Waals surface area (Å²) in [6.07, 6.45) is 7.37. The van der Waals surface area contributed by atoms with Gasteiger partial charge in [-0.05, 0) is 37.0 Å². The first-order chi connectivity index (χ1) is 9.27. The maximum Gasteiger partial charge on any atom is 0.227 e. The highest BCUT2D eigenvalue weighted by Crippen LogP contribution is 2.37. The second kappa shape index (κ2) is 5.29. The third-order valence-electron chi connectivity index (χ3n) is 4.30. The summed E-state index contributed by atoms with van der Waals surface area (Å²) >= 11 is 0. The molecule has 0 aliphatic carbocycles. The molecule has 4 nitrogen and oxygen atoms in total. The first-order valence-corrected chi connectivity index (χ1v) is 7.02. The van der Waals surface area contributed by atoms with Crippen molar-refractivity contribution in [3.8, 4) is 0 Å². The molecule has 0 radical (unpaired) electrons. The van der Waals surface area contributed by atoms with Crippen molar-refractivity contribution in [2.24, 2.45) is 5.41 Å². The molecule has 1 amide bonds. The van der Waals surface area contributed by atoms with Crippen molar-refractivity contribution in [2.45, 2.75) is 25.7 Å². The van der Waals surface area contributed by atoms with E-state index < -0.39 is 0 Å². The summed E-state index contributed by atoms with van der Waals surface area (Å²) < 4.78 is 5.54. The SMILES string of the molecule is O=C(Cc1ccncc1)N1CCCC2(CCOC2)C1. The highest BCUT2D eigenvalue weighted by molar-refractivity contribution is 5.78. The molecule has 1 spiro atoms. The quantitative estimate of drug-likeness (QED) is 0.812. The van der Waals surface area contributed by atoms with Gasteiger partial charge in [-0.3, -0.25) is 9.78 Å². The summed E-state index contributed by atoms with van der Waals surface area (Å²) in [5.74, 6) is 0.233. The van der Waals surface area contributed by atoms with Crippen LogP contribution in [0, 0.1) is 5.41 Å². The lowest BCUT2D eigenvalue weighted by atomic mass is 9.79. The van der Waals surface area contributed by atoms with Gasteiger partial charge >= 0.3 is 0 Å². The third kappa shape index (κ3) is 2.78. The van der Waals surface area contributed by atoms with Crippen molar-refractivity contribution in [2.75, 3.05) is 26.3 Å². The van der Waals surface area contributed by atoms with E-state index in [2.05, 4.69) is 4.98 Å². The van der Waals surface area contributed by atoms with Gasteiger partial charge in [0, 0.05) is 37.5 Å². The number of likely N-dealkylation sites (tertiary alicyclic amines) is 1. The molecule has 2 fully saturated rings. The van der Waals surface area contributed by atoms with Gasteiger partial charge in [-0.15, -0.1) is 0 Å². The first kappa shape index (κ1) is 12.6. The molecule has 3 heterocycles. The molecule has 102 valence electrons. The minimum atomic E-state index is 0.233. The van der Waals surface area contributed by atoms with E-state index in [-0.39, 0.29) is 11.3 Å². The molecule has 0 N–H and O–H groups in total. The third-order valence-corrected chi connectivity index (χ3v) is 4.30. The first-order valence-electron chi connectivity index (χ1n) is 7.02. The van der Waals surface area contributed by atoms with E-state index in [0.717, 1.165) is 44.7 Å². The number of carbonyl (C=O) groups is 1. The predicted molar refractivity (Wildman–Crippen MR) is 71.6 cm³/mol. The van der Waals surface area contributed by atoms with Gasteiger partial charge in [-0.1, -0.05) is 0 Å². The molecule has 1 unspecified atom stereocenters. The Balaban J connectivity index is 1.63. The fraction of sp³-hybridized carbons (Fsp3) is 0.600. The molecule has 2 aliphatic rings. The van der Waals surface area contributed by atoms with Crippen LogP contribution in [0.5, 0.6) is 0 Å². The topological polar surface area (TPSA) is 42.4 Å².